The van der Waals surface area contributed by atoms with E-state index in [0.717, 1.165) is 19.4 Å². The summed E-state index contributed by atoms with van der Waals surface area (Å²) in [6.45, 7) is 6.97. The van der Waals surface area contributed by atoms with Gasteiger partial charge >= 0.3 is 0 Å². The molecular formula is C11H22N2O2. The number of aliphatic hydroxyl groups is 1. The zero-order valence-corrected chi connectivity index (χ0v) is 9.92. The molecule has 88 valence electrons. The standard InChI is InChI=1S/C11H22N2O2/c1-10(2,7-12)9(14)13-6-4-5-11(3,15)8-13/h15H,4-8,12H2,1-3H3. The summed E-state index contributed by atoms with van der Waals surface area (Å²) < 4.78 is 0. The van der Waals surface area contributed by atoms with Gasteiger partial charge in [-0.25, -0.2) is 0 Å². The second-order valence-electron chi connectivity index (χ2n) is 5.42. The summed E-state index contributed by atoms with van der Waals surface area (Å²) in [5.74, 6) is 0.0463. The SMILES string of the molecule is CC1(O)CCCN(C(=O)C(C)(C)CN)C1. The van der Waals surface area contributed by atoms with Crippen LogP contribution in [-0.4, -0.2) is 41.1 Å². The molecule has 3 N–H and O–H groups in total. The molecule has 0 spiro atoms. The van der Waals surface area contributed by atoms with Crippen molar-refractivity contribution in [1.29, 1.82) is 0 Å². The molecule has 15 heavy (non-hydrogen) atoms. The fourth-order valence-electron chi connectivity index (χ4n) is 1.91. The lowest BCUT2D eigenvalue weighted by Crippen LogP contribution is -2.53. The molecule has 4 heteroatoms. The first-order valence-corrected chi connectivity index (χ1v) is 5.50. The van der Waals surface area contributed by atoms with E-state index in [-0.39, 0.29) is 5.91 Å². The van der Waals surface area contributed by atoms with Crippen molar-refractivity contribution in [2.24, 2.45) is 11.1 Å². The van der Waals surface area contributed by atoms with Gasteiger partial charge in [0.15, 0.2) is 0 Å². The second-order valence-corrected chi connectivity index (χ2v) is 5.42. The number of hydrogen-bond acceptors (Lipinski definition) is 3. The summed E-state index contributed by atoms with van der Waals surface area (Å²) in [5.41, 5.74) is 4.31. The highest BCUT2D eigenvalue weighted by molar-refractivity contribution is 5.82. The zero-order valence-electron chi connectivity index (χ0n) is 9.92. The molecule has 0 radical (unpaired) electrons. The number of carbonyl (C=O) groups excluding carboxylic acids is 1. The minimum Gasteiger partial charge on any atom is -0.388 e. The van der Waals surface area contributed by atoms with Crippen LogP contribution in [0.5, 0.6) is 0 Å². The predicted octanol–water partition coefficient (Wildman–Crippen LogP) is 0.345. The molecule has 1 fully saturated rings. The van der Waals surface area contributed by atoms with Crippen LogP contribution in [0.15, 0.2) is 0 Å². The van der Waals surface area contributed by atoms with Crippen molar-refractivity contribution in [2.75, 3.05) is 19.6 Å². The van der Waals surface area contributed by atoms with E-state index in [1.165, 1.54) is 0 Å². The number of hydrogen-bond donors (Lipinski definition) is 2. The molecule has 1 unspecified atom stereocenters. The fraction of sp³-hybridized carbons (Fsp3) is 0.909. The van der Waals surface area contributed by atoms with Gasteiger partial charge in [0.2, 0.25) is 5.91 Å². The number of carbonyl (C=O) groups is 1. The highest BCUT2D eigenvalue weighted by Gasteiger charge is 2.36. The van der Waals surface area contributed by atoms with Crippen LogP contribution in [0, 0.1) is 5.41 Å². The van der Waals surface area contributed by atoms with Crippen molar-refractivity contribution >= 4 is 5.91 Å². The average Bonchev–Trinajstić information content (AvgIpc) is 2.15. The Morgan fingerprint density at radius 2 is 2.20 bits per heavy atom. The average molecular weight is 214 g/mol. The van der Waals surface area contributed by atoms with E-state index >= 15 is 0 Å². The van der Waals surface area contributed by atoms with Crippen LogP contribution in [0.4, 0.5) is 0 Å². The zero-order chi connectivity index (χ0) is 11.7. The molecule has 0 saturated carbocycles. The van der Waals surface area contributed by atoms with E-state index in [1.807, 2.05) is 13.8 Å². The molecule has 1 aliphatic heterocycles. The maximum Gasteiger partial charge on any atom is 0.229 e. The van der Waals surface area contributed by atoms with Crippen molar-refractivity contribution in [2.45, 2.75) is 39.2 Å². The molecule has 1 saturated heterocycles. The van der Waals surface area contributed by atoms with Crippen molar-refractivity contribution < 1.29 is 9.90 Å². The Balaban J connectivity index is 2.68. The predicted molar refractivity (Wildman–Crippen MR) is 59.3 cm³/mol. The summed E-state index contributed by atoms with van der Waals surface area (Å²) in [4.78, 5) is 13.8. The second kappa shape index (κ2) is 4.10. The molecule has 1 rings (SSSR count). The fourth-order valence-corrected chi connectivity index (χ4v) is 1.91. The largest absolute Gasteiger partial charge is 0.388 e. The number of rotatable bonds is 2. The van der Waals surface area contributed by atoms with Gasteiger partial charge in [0, 0.05) is 19.6 Å². The first kappa shape index (κ1) is 12.5. The van der Waals surface area contributed by atoms with Gasteiger partial charge in [-0.15, -0.1) is 0 Å². The topological polar surface area (TPSA) is 66.6 Å². The van der Waals surface area contributed by atoms with Gasteiger partial charge in [-0.1, -0.05) is 0 Å². The quantitative estimate of drug-likeness (QED) is 0.697. The number of β-amino-alcohol motifs (C(OH)–C–C–N with tert-alkyl or cyclic N) is 1. The van der Waals surface area contributed by atoms with Gasteiger partial charge in [0.25, 0.3) is 0 Å². The van der Waals surface area contributed by atoms with Gasteiger partial charge in [-0.05, 0) is 33.6 Å². The van der Waals surface area contributed by atoms with Crippen LogP contribution in [0.25, 0.3) is 0 Å². The van der Waals surface area contributed by atoms with Crippen molar-refractivity contribution in [3.63, 3.8) is 0 Å². The molecule has 0 aromatic heterocycles. The third-order valence-electron chi connectivity index (χ3n) is 3.05. The van der Waals surface area contributed by atoms with E-state index < -0.39 is 11.0 Å². The summed E-state index contributed by atoms with van der Waals surface area (Å²) >= 11 is 0. The molecular weight excluding hydrogens is 192 g/mol. The minimum absolute atomic E-state index is 0.0463. The molecule has 0 bridgehead atoms. The van der Waals surface area contributed by atoms with E-state index in [9.17, 15) is 9.90 Å². The molecule has 0 aromatic rings. The molecule has 0 aliphatic carbocycles. The van der Waals surface area contributed by atoms with Crippen molar-refractivity contribution in [1.82, 2.24) is 4.90 Å². The van der Waals surface area contributed by atoms with Gasteiger partial charge in [0.1, 0.15) is 0 Å². The Kier molecular flexibility index (Phi) is 3.41. The number of nitrogens with zero attached hydrogens (tertiary/aromatic N) is 1. The smallest absolute Gasteiger partial charge is 0.229 e. The Morgan fingerprint density at radius 1 is 1.60 bits per heavy atom. The van der Waals surface area contributed by atoms with E-state index in [0.29, 0.717) is 13.1 Å². The van der Waals surface area contributed by atoms with Gasteiger partial charge < -0.3 is 15.7 Å². The third kappa shape index (κ3) is 2.92. The van der Waals surface area contributed by atoms with Crippen molar-refractivity contribution in [3.8, 4) is 0 Å². The highest BCUT2D eigenvalue weighted by Crippen LogP contribution is 2.25. The summed E-state index contributed by atoms with van der Waals surface area (Å²) in [5, 5.41) is 9.91. The summed E-state index contributed by atoms with van der Waals surface area (Å²) in [6.07, 6.45) is 1.62. The van der Waals surface area contributed by atoms with Crippen LogP contribution in [0.3, 0.4) is 0 Å². The number of nitrogens with two attached hydrogens (primary N) is 1. The van der Waals surface area contributed by atoms with E-state index in [2.05, 4.69) is 0 Å². The minimum atomic E-state index is -0.738. The third-order valence-corrected chi connectivity index (χ3v) is 3.05. The summed E-state index contributed by atoms with van der Waals surface area (Å²) in [6, 6.07) is 0. The molecule has 1 heterocycles. The van der Waals surface area contributed by atoms with Crippen LogP contribution >= 0.6 is 0 Å². The van der Waals surface area contributed by atoms with Crippen LogP contribution in [0.1, 0.15) is 33.6 Å². The van der Waals surface area contributed by atoms with Crippen LogP contribution < -0.4 is 5.73 Å². The van der Waals surface area contributed by atoms with Crippen molar-refractivity contribution in [3.05, 3.63) is 0 Å². The number of piperidine rings is 1. The van der Waals surface area contributed by atoms with Crippen LogP contribution in [0.2, 0.25) is 0 Å². The maximum absolute atomic E-state index is 12.1. The monoisotopic (exact) mass is 214 g/mol. The van der Waals surface area contributed by atoms with Gasteiger partial charge in [-0.2, -0.15) is 0 Å². The summed E-state index contributed by atoms with van der Waals surface area (Å²) in [7, 11) is 0. The molecule has 1 amide bonds. The normalized spacial score (nSPS) is 27.9. The lowest BCUT2D eigenvalue weighted by atomic mass is 9.88. The Bertz CT molecular complexity index is 249. The first-order chi connectivity index (χ1) is 6.78. The maximum atomic E-state index is 12.1. The lowest BCUT2D eigenvalue weighted by Gasteiger charge is -2.40. The number of amides is 1. The Hall–Kier alpha value is -0.610. The number of likely N-dealkylation sites (tertiary alicyclic amines) is 1. The van der Waals surface area contributed by atoms with Gasteiger partial charge in [0.05, 0.1) is 11.0 Å². The molecule has 0 aromatic carbocycles. The first-order valence-electron chi connectivity index (χ1n) is 5.50. The molecule has 1 aliphatic rings. The molecule has 1 atom stereocenters. The van der Waals surface area contributed by atoms with Gasteiger partial charge in [-0.3, -0.25) is 4.79 Å². The lowest BCUT2D eigenvalue weighted by molar-refractivity contribution is -0.146. The Morgan fingerprint density at radius 3 is 2.67 bits per heavy atom. The van der Waals surface area contributed by atoms with E-state index in [1.54, 1.807) is 11.8 Å². The van der Waals surface area contributed by atoms with Crippen LogP contribution in [-0.2, 0) is 4.79 Å². The van der Waals surface area contributed by atoms with E-state index in [4.69, 9.17) is 5.73 Å². The molecule has 4 nitrogen and oxygen atoms in total. The Labute approximate surface area is 91.4 Å². The highest BCUT2D eigenvalue weighted by atomic mass is 16.3.